The molecule has 0 saturated heterocycles. The molecule has 2 N–H and O–H groups in total. The van der Waals surface area contributed by atoms with E-state index in [1.807, 2.05) is 24.3 Å². The number of nitrogens with one attached hydrogen (secondary N) is 1. The summed E-state index contributed by atoms with van der Waals surface area (Å²) >= 11 is 0. The number of carbonyl (C=O) groups is 2. The van der Waals surface area contributed by atoms with Crippen molar-refractivity contribution in [1.82, 2.24) is 5.32 Å². The third-order valence-corrected chi connectivity index (χ3v) is 6.30. The zero-order valence-electron chi connectivity index (χ0n) is 16.5. The molecule has 1 amide bonds. The predicted molar refractivity (Wildman–Crippen MR) is 111 cm³/mol. The van der Waals surface area contributed by atoms with Gasteiger partial charge in [0, 0.05) is 5.92 Å². The van der Waals surface area contributed by atoms with Gasteiger partial charge in [-0.15, -0.1) is 0 Å². The monoisotopic (exact) mass is 393 g/mol. The molecule has 2 aliphatic rings. The van der Waals surface area contributed by atoms with Crippen molar-refractivity contribution >= 4 is 12.1 Å². The maximum absolute atomic E-state index is 12.6. The first-order valence-corrected chi connectivity index (χ1v) is 10.5. The van der Waals surface area contributed by atoms with Gasteiger partial charge in [-0.05, 0) is 35.1 Å². The number of aliphatic carboxylic acids is 1. The Morgan fingerprint density at radius 1 is 0.897 bits per heavy atom. The molecule has 0 unspecified atom stereocenters. The van der Waals surface area contributed by atoms with Crippen LogP contribution < -0.4 is 5.32 Å². The Kier molecular flexibility index (Phi) is 5.56. The van der Waals surface area contributed by atoms with Crippen LogP contribution in [0.5, 0.6) is 0 Å². The normalized spacial score (nSPS) is 18.1. The van der Waals surface area contributed by atoms with Gasteiger partial charge in [0.1, 0.15) is 12.1 Å². The Morgan fingerprint density at radius 3 is 1.97 bits per heavy atom. The number of benzene rings is 2. The summed E-state index contributed by atoms with van der Waals surface area (Å²) in [6, 6.07) is 16.3. The van der Waals surface area contributed by atoms with Gasteiger partial charge in [0.2, 0.25) is 0 Å². The van der Waals surface area contributed by atoms with E-state index in [1.165, 1.54) is 11.1 Å². The molecule has 2 aliphatic carbocycles. The van der Waals surface area contributed by atoms with E-state index in [4.69, 9.17) is 4.74 Å². The highest BCUT2D eigenvalue weighted by Crippen LogP contribution is 2.44. The van der Waals surface area contributed by atoms with Crippen LogP contribution in [0.1, 0.15) is 62.0 Å². The van der Waals surface area contributed by atoms with Gasteiger partial charge in [-0.3, -0.25) is 0 Å². The Morgan fingerprint density at radius 2 is 1.41 bits per heavy atom. The summed E-state index contributed by atoms with van der Waals surface area (Å²) in [6.45, 7) is 0.190. The molecule has 0 radical (unpaired) electrons. The first-order chi connectivity index (χ1) is 14.1. The van der Waals surface area contributed by atoms with Crippen molar-refractivity contribution in [2.75, 3.05) is 6.61 Å². The van der Waals surface area contributed by atoms with E-state index in [9.17, 15) is 14.7 Å². The maximum Gasteiger partial charge on any atom is 0.408 e. The largest absolute Gasteiger partial charge is 0.480 e. The summed E-state index contributed by atoms with van der Waals surface area (Å²) in [6.07, 6.45) is 4.99. The van der Waals surface area contributed by atoms with Gasteiger partial charge >= 0.3 is 12.1 Å². The van der Waals surface area contributed by atoms with Crippen molar-refractivity contribution in [3.63, 3.8) is 0 Å². The Labute approximate surface area is 171 Å². The van der Waals surface area contributed by atoms with Crippen molar-refractivity contribution in [2.24, 2.45) is 0 Å². The number of hydrogen-bond donors (Lipinski definition) is 2. The molecule has 0 spiro atoms. The Balaban J connectivity index is 1.47. The van der Waals surface area contributed by atoms with Gasteiger partial charge in [-0.2, -0.15) is 0 Å². The minimum Gasteiger partial charge on any atom is -0.480 e. The number of carboxylic acids is 1. The van der Waals surface area contributed by atoms with E-state index >= 15 is 0 Å². The van der Waals surface area contributed by atoms with Gasteiger partial charge in [0.15, 0.2) is 0 Å². The first-order valence-electron chi connectivity index (χ1n) is 10.5. The number of ether oxygens (including phenoxy) is 1. The minimum absolute atomic E-state index is 0.0359. The summed E-state index contributed by atoms with van der Waals surface area (Å²) < 4.78 is 5.58. The Bertz CT molecular complexity index is 854. The highest BCUT2D eigenvalue weighted by molar-refractivity contribution is 5.84. The minimum atomic E-state index is -1.22. The van der Waals surface area contributed by atoms with Crippen LogP contribution in [0.2, 0.25) is 0 Å². The first kappa shape index (κ1) is 19.5. The van der Waals surface area contributed by atoms with Crippen LogP contribution in [0.15, 0.2) is 48.5 Å². The predicted octanol–water partition coefficient (Wildman–Crippen LogP) is 5.09. The number of carbonyl (C=O) groups excluding carboxylic acids is 1. The van der Waals surface area contributed by atoms with Crippen LogP contribution in [0.4, 0.5) is 4.79 Å². The fourth-order valence-electron chi connectivity index (χ4n) is 4.73. The second-order valence-corrected chi connectivity index (χ2v) is 8.11. The van der Waals surface area contributed by atoms with Crippen LogP contribution in [0.25, 0.3) is 11.1 Å². The van der Waals surface area contributed by atoms with Crippen molar-refractivity contribution in [1.29, 1.82) is 0 Å². The third-order valence-electron chi connectivity index (χ3n) is 6.30. The fourth-order valence-corrected chi connectivity index (χ4v) is 4.73. The molecule has 4 rings (SSSR count). The molecule has 0 aliphatic heterocycles. The summed E-state index contributed by atoms with van der Waals surface area (Å²) in [5, 5.41) is 12.5. The topological polar surface area (TPSA) is 75.6 Å². The molecule has 0 atom stereocenters. The van der Waals surface area contributed by atoms with E-state index in [2.05, 4.69) is 29.6 Å². The van der Waals surface area contributed by atoms with Crippen LogP contribution in [0, 0.1) is 0 Å². The number of amides is 1. The van der Waals surface area contributed by atoms with Gasteiger partial charge in [0.05, 0.1) is 0 Å². The SMILES string of the molecule is O=C(NC1(C(=O)O)CCCCCCC1)OCC1c2ccccc2-c2ccccc21. The van der Waals surface area contributed by atoms with Crippen molar-refractivity contribution in [2.45, 2.75) is 56.4 Å². The fraction of sp³-hybridized carbons (Fsp3) is 0.417. The quantitative estimate of drug-likeness (QED) is 0.758. The molecule has 2 aromatic rings. The molecule has 0 heterocycles. The lowest BCUT2D eigenvalue weighted by molar-refractivity contribution is -0.145. The third kappa shape index (κ3) is 3.86. The highest BCUT2D eigenvalue weighted by atomic mass is 16.5. The van der Waals surface area contributed by atoms with Gasteiger partial charge in [-0.25, -0.2) is 9.59 Å². The molecule has 0 bridgehead atoms. The zero-order chi connectivity index (χ0) is 20.3. The zero-order valence-corrected chi connectivity index (χ0v) is 16.5. The van der Waals surface area contributed by atoms with Crippen LogP contribution in [-0.4, -0.2) is 29.3 Å². The Hall–Kier alpha value is -2.82. The lowest BCUT2D eigenvalue weighted by Gasteiger charge is -2.32. The van der Waals surface area contributed by atoms with Crippen molar-refractivity contribution < 1.29 is 19.4 Å². The molecule has 2 aromatic carbocycles. The van der Waals surface area contributed by atoms with Gasteiger partial charge in [0.25, 0.3) is 0 Å². The lowest BCUT2D eigenvalue weighted by Crippen LogP contribution is -2.55. The van der Waals surface area contributed by atoms with E-state index < -0.39 is 17.6 Å². The summed E-state index contributed by atoms with van der Waals surface area (Å²) in [5.41, 5.74) is 3.39. The smallest absolute Gasteiger partial charge is 0.408 e. The summed E-state index contributed by atoms with van der Waals surface area (Å²) in [7, 11) is 0. The molecule has 152 valence electrons. The van der Waals surface area contributed by atoms with E-state index in [0.29, 0.717) is 12.8 Å². The van der Waals surface area contributed by atoms with Crippen molar-refractivity contribution in [3.05, 3.63) is 59.7 Å². The number of carboxylic acid groups (broad SMARTS) is 1. The second kappa shape index (κ2) is 8.27. The van der Waals surface area contributed by atoms with Gasteiger partial charge < -0.3 is 15.2 Å². The van der Waals surface area contributed by atoms with E-state index in [-0.39, 0.29) is 12.5 Å². The second-order valence-electron chi connectivity index (χ2n) is 8.11. The lowest BCUT2D eigenvalue weighted by atomic mass is 9.84. The van der Waals surface area contributed by atoms with Crippen LogP contribution in [-0.2, 0) is 9.53 Å². The van der Waals surface area contributed by atoms with E-state index in [0.717, 1.165) is 43.2 Å². The standard InChI is InChI=1S/C24H27NO4/c26-22(27)24(14-8-2-1-3-9-15-24)25-23(28)29-16-21-19-12-6-4-10-17(19)18-11-5-7-13-20(18)21/h4-7,10-13,21H,1-3,8-9,14-16H2,(H,25,28)(H,26,27). The summed E-state index contributed by atoms with van der Waals surface area (Å²) in [4.78, 5) is 24.6. The molecule has 0 aromatic heterocycles. The number of hydrogen-bond acceptors (Lipinski definition) is 3. The number of fused-ring (bicyclic) bond motifs is 3. The molecule has 5 heteroatoms. The molecule has 1 fully saturated rings. The van der Waals surface area contributed by atoms with Crippen LogP contribution in [0.3, 0.4) is 0 Å². The van der Waals surface area contributed by atoms with Crippen LogP contribution >= 0.6 is 0 Å². The molecule has 5 nitrogen and oxygen atoms in total. The molecular weight excluding hydrogens is 366 g/mol. The highest BCUT2D eigenvalue weighted by Gasteiger charge is 2.40. The molecule has 29 heavy (non-hydrogen) atoms. The molecular formula is C24H27NO4. The number of rotatable bonds is 4. The van der Waals surface area contributed by atoms with E-state index in [1.54, 1.807) is 0 Å². The number of alkyl carbamates (subject to hydrolysis) is 1. The average Bonchev–Trinajstić information content (AvgIpc) is 3.02. The van der Waals surface area contributed by atoms with Crippen molar-refractivity contribution in [3.8, 4) is 11.1 Å². The molecule has 1 saturated carbocycles. The maximum atomic E-state index is 12.6. The average molecular weight is 393 g/mol. The summed E-state index contributed by atoms with van der Waals surface area (Å²) in [5.74, 6) is -1.00. The van der Waals surface area contributed by atoms with Gasteiger partial charge in [-0.1, -0.05) is 80.6 Å².